The van der Waals surface area contributed by atoms with E-state index in [0.29, 0.717) is 60.9 Å². The number of ether oxygens (including phenoxy) is 4. The number of benzene rings is 2. The first-order valence-electron chi connectivity index (χ1n) is 15.6. The molecule has 13 heteroatoms. The number of halogens is 3. The summed E-state index contributed by atoms with van der Waals surface area (Å²) in [6, 6.07) is 12.0. The van der Waals surface area contributed by atoms with Crippen LogP contribution in [0.3, 0.4) is 0 Å². The Kier molecular flexibility index (Phi) is 13.2. The standard InChI is InChI=1S/C34H44F3N5O5/c1-41-15-11-28(25(22-41)12-16-46-18-19-47-17-13-38)40-29-7-4-8-31-27(29)21-26(42(31)23-34(35,36)37)6-5-14-39-30-20-24(33(43)45-3)9-10-32(30)44-2/h4,7-10,20-21,25,28,39-40H,11-19,22-23,38H2,1-3H3. The molecule has 0 bridgehead atoms. The van der Waals surface area contributed by atoms with Gasteiger partial charge in [-0.05, 0) is 74.7 Å². The van der Waals surface area contributed by atoms with E-state index in [1.54, 1.807) is 36.4 Å². The average molecular weight is 660 g/mol. The topological polar surface area (TPSA) is 112 Å². The summed E-state index contributed by atoms with van der Waals surface area (Å²) < 4.78 is 63.8. The molecule has 10 nitrogen and oxygen atoms in total. The number of fused-ring (bicyclic) bond motifs is 1. The van der Waals surface area contributed by atoms with Gasteiger partial charge in [-0.1, -0.05) is 12.0 Å². The van der Waals surface area contributed by atoms with Gasteiger partial charge >= 0.3 is 12.1 Å². The van der Waals surface area contributed by atoms with Crippen LogP contribution in [-0.2, 0) is 20.8 Å². The zero-order valence-corrected chi connectivity index (χ0v) is 27.1. The Balaban J connectivity index is 1.53. The van der Waals surface area contributed by atoms with Gasteiger partial charge < -0.3 is 44.8 Å². The van der Waals surface area contributed by atoms with Crippen molar-refractivity contribution in [3.63, 3.8) is 0 Å². The molecule has 256 valence electrons. The number of nitrogens with zero attached hydrogens (tertiary/aromatic N) is 2. The molecule has 1 aromatic heterocycles. The first-order valence-corrected chi connectivity index (χ1v) is 15.6. The Morgan fingerprint density at radius 3 is 2.57 bits per heavy atom. The van der Waals surface area contributed by atoms with Gasteiger partial charge in [0.1, 0.15) is 12.3 Å². The van der Waals surface area contributed by atoms with Gasteiger partial charge in [0, 0.05) is 36.8 Å². The Hall–Kier alpha value is -3.96. The second kappa shape index (κ2) is 17.3. The third-order valence-corrected chi connectivity index (χ3v) is 8.03. The predicted octanol–water partition coefficient (Wildman–Crippen LogP) is 4.58. The van der Waals surface area contributed by atoms with Crippen molar-refractivity contribution in [2.45, 2.75) is 31.6 Å². The molecular formula is C34H44F3N5O5. The van der Waals surface area contributed by atoms with Crippen LogP contribution in [0.2, 0.25) is 0 Å². The number of carbonyl (C=O) groups is 1. The third kappa shape index (κ3) is 10.3. The van der Waals surface area contributed by atoms with Crippen LogP contribution >= 0.6 is 0 Å². The monoisotopic (exact) mass is 659 g/mol. The van der Waals surface area contributed by atoms with Gasteiger partial charge in [0.05, 0.1) is 63.0 Å². The number of likely N-dealkylation sites (tertiary alicyclic amines) is 1. The molecule has 0 saturated carbocycles. The smallest absolute Gasteiger partial charge is 0.406 e. The molecular weight excluding hydrogens is 615 g/mol. The molecule has 4 N–H and O–H groups in total. The molecule has 47 heavy (non-hydrogen) atoms. The molecule has 2 atom stereocenters. The number of nitrogens with two attached hydrogens (primary N) is 1. The fourth-order valence-corrected chi connectivity index (χ4v) is 5.76. The number of nitrogens with one attached hydrogen (secondary N) is 2. The van der Waals surface area contributed by atoms with Crippen molar-refractivity contribution in [1.29, 1.82) is 0 Å². The highest BCUT2D eigenvalue weighted by molar-refractivity contribution is 5.94. The second-order valence-corrected chi connectivity index (χ2v) is 11.4. The van der Waals surface area contributed by atoms with Crippen molar-refractivity contribution >= 4 is 28.2 Å². The third-order valence-electron chi connectivity index (χ3n) is 8.03. The largest absolute Gasteiger partial charge is 0.495 e. The maximum Gasteiger partial charge on any atom is 0.406 e. The number of anilines is 2. The van der Waals surface area contributed by atoms with Gasteiger partial charge in [0.25, 0.3) is 0 Å². The Morgan fingerprint density at radius 1 is 1.06 bits per heavy atom. The van der Waals surface area contributed by atoms with Crippen LogP contribution in [-0.4, -0.2) is 102 Å². The van der Waals surface area contributed by atoms with Crippen molar-refractivity contribution in [2.24, 2.45) is 11.7 Å². The van der Waals surface area contributed by atoms with Gasteiger partial charge in [-0.3, -0.25) is 0 Å². The number of carbonyl (C=O) groups excluding carboxylic acids is 1. The van der Waals surface area contributed by atoms with E-state index in [4.69, 9.17) is 24.7 Å². The lowest BCUT2D eigenvalue weighted by Crippen LogP contribution is -2.45. The van der Waals surface area contributed by atoms with E-state index in [1.165, 1.54) is 18.8 Å². The Morgan fingerprint density at radius 2 is 1.85 bits per heavy atom. The molecule has 3 aromatic rings. The second-order valence-electron chi connectivity index (χ2n) is 11.4. The molecule has 1 fully saturated rings. The fourth-order valence-electron chi connectivity index (χ4n) is 5.76. The molecule has 1 saturated heterocycles. The number of aromatic nitrogens is 1. The first-order chi connectivity index (χ1) is 22.6. The molecule has 1 aliphatic rings. The fraction of sp³-hybridized carbons (Fsp3) is 0.500. The minimum absolute atomic E-state index is 0.0954. The number of piperidine rings is 1. The number of esters is 1. The van der Waals surface area contributed by atoms with Crippen LogP contribution in [0.1, 0.15) is 28.9 Å². The molecule has 1 aliphatic heterocycles. The summed E-state index contributed by atoms with van der Waals surface area (Å²) in [5.74, 6) is 6.12. The highest BCUT2D eigenvalue weighted by atomic mass is 19.4. The lowest BCUT2D eigenvalue weighted by atomic mass is 9.89. The highest BCUT2D eigenvalue weighted by Gasteiger charge is 2.31. The van der Waals surface area contributed by atoms with Crippen molar-refractivity contribution in [3.05, 3.63) is 53.7 Å². The zero-order chi connectivity index (χ0) is 33.8. The summed E-state index contributed by atoms with van der Waals surface area (Å²) in [5, 5.41) is 7.42. The van der Waals surface area contributed by atoms with Crippen molar-refractivity contribution in [2.75, 3.05) is 84.5 Å². The summed E-state index contributed by atoms with van der Waals surface area (Å²) in [4.78, 5) is 14.3. The number of rotatable bonds is 15. The van der Waals surface area contributed by atoms with E-state index < -0.39 is 18.7 Å². The van der Waals surface area contributed by atoms with Crippen LogP contribution in [0.25, 0.3) is 10.9 Å². The van der Waals surface area contributed by atoms with E-state index in [0.717, 1.165) is 31.6 Å². The van der Waals surface area contributed by atoms with Crippen LogP contribution in [0.4, 0.5) is 24.5 Å². The summed E-state index contributed by atoms with van der Waals surface area (Å²) in [6.07, 6.45) is -2.72. The molecule has 0 spiro atoms. The minimum Gasteiger partial charge on any atom is -0.495 e. The summed E-state index contributed by atoms with van der Waals surface area (Å²) >= 11 is 0. The molecule has 2 aromatic carbocycles. The molecule has 0 radical (unpaired) electrons. The summed E-state index contributed by atoms with van der Waals surface area (Å²) in [6.45, 7) is 3.28. The maximum absolute atomic E-state index is 13.8. The van der Waals surface area contributed by atoms with Gasteiger partial charge in [-0.25, -0.2) is 4.79 Å². The highest BCUT2D eigenvalue weighted by Crippen LogP contribution is 2.33. The van der Waals surface area contributed by atoms with E-state index >= 15 is 0 Å². The SMILES string of the molecule is COC(=O)c1ccc(OC)c(NCC#Cc2cc3c(NC4CCN(C)CC4CCOCCOCCN)cccc3n2CC(F)(F)F)c1. The summed E-state index contributed by atoms with van der Waals surface area (Å²) in [5.41, 5.74) is 7.73. The van der Waals surface area contributed by atoms with Crippen LogP contribution < -0.4 is 21.1 Å². The first kappa shape index (κ1) is 35.9. The lowest BCUT2D eigenvalue weighted by Gasteiger charge is -2.38. The quantitative estimate of drug-likeness (QED) is 0.123. The molecule has 2 heterocycles. The average Bonchev–Trinajstić information content (AvgIpc) is 3.39. The van der Waals surface area contributed by atoms with Gasteiger partial charge in [-0.2, -0.15) is 13.2 Å². The van der Waals surface area contributed by atoms with Crippen LogP contribution in [0.5, 0.6) is 5.75 Å². The maximum atomic E-state index is 13.8. The Labute approximate surface area is 273 Å². The van der Waals surface area contributed by atoms with E-state index in [1.807, 2.05) is 6.07 Å². The molecule has 0 aliphatic carbocycles. The van der Waals surface area contributed by atoms with E-state index in [2.05, 4.69) is 34.4 Å². The van der Waals surface area contributed by atoms with Crippen LogP contribution in [0, 0.1) is 17.8 Å². The predicted molar refractivity (Wildman–Crippen MR) is 176 cm³/mol. The molecule has 2 unspecified atom stereocenters. The van der Waals surface area contributed by atoms with E-state index in [-0.39, 0.29) is 24.2 Å². The van der Waals surface area contributed by atoms with Crippen molar-refractivity contribution in [1.82, 2.24) is 9.47 Å². The van der Waals surface area contributed by atoms with Crippen molar-refractivity contribution in [3.8, 4) is 17.6 Å². The summed E-state index contributed by atoms with van der Waals surface area (Å²) in [7, 11) is 4.88. The number of alkyl halides is 3. The lowest BCUT2D eigenvalue weighted by molar-refractivity contribution is -0.140. The number of hydrogen-bond donors (Lipinski definition) is 3. The van der Waals surface area contributed by atoms with Gasteiger partial charge in [0.15, 0.2) is 0 Å². The van der Waals surface area contributed by atoms with E-state index in [9.17, 15) is 18.0 Å². The molecule has 0 amide bonds. The van der Waals surface area contributed by atoms with Gasteiger partial charge in [-0.15, -0.1) is 0 Å². The minimum atomic E-state index is -4.44. The number of methoxy groups -OCH3 is 2. The van der Waals surface area contributed by atoms with Crippen molar-refractivity contribution < 1.29 is 36.9 Å². The van der Waals surface area contributed by atoms with Crippen LogP contribution in [0.15, 0.2) is 42.5 Å². The number of hydrogen-bond acceptors (Lipinski definition) is 9. The zero-order valence-electron chi connectivity index (χ0n) is 27.1. The molecule has 4 rings (SSSR count). The normalized spacial score (nSPS) is 16.8. The Bertz CT molecular complexity index is 1530. The van der Waals surface area contributed by atoms with Gasteiger partial charge in [0.2, 0.25) is 0 Å².